The van der Waals surface area contributed by atoms with E-state index >= 15 is 0 Å². The molecule has 2 rings (SSSR count). The Balaban J connectivity index is 2.40. The summed E-state index contributed by atoms with van der Waals surface area (Å²) in [6.45, 7) is 0. The summed E-state index contributed by atoms with van der Waals surface area (Å²) in [7, 11) is 0. The highest BCUT2D eigenvalue weighted by molar-refractivity contribution is 14.1. The Morgan fingerprint density at radius 1 is 1.30 bits per heavy atom. The molecule has 20 heavy (non-hydrogen) atoms. The van der Waals surface area contributed by atoms with Crippen LogP contribution >= 0.6 is 22.6 Å². The second-order valence-electron chi connectivity index (χ2n) is 3.85. The average Bonchev–Trinajstić information content (AvgIpc) is 2.37. The second-order valence-corrected chi connectivity index (χ2v) is 4.93. The number of hydrogen-bond donors (Lipinski definition) is 0. The number of esters is 1. The van der Waals surface area contributed by atoms with Gasteiger partial charge in [-0.2, -0.15) is 0 Å². The minimum atomic E-state index is -1.60. The molecule has 1 aromatic carbocycles. The van der Waals surface area contributed by atoms with Crippen LogP contribution in [0.15, 0.2) is 33.5 Å². The van der Waals surface area contributed by atoms with Crippen LogP contribution < -0.4 is 15.5 Å². The van der Waals surface area contributed by atoms with Gasteiger partial charge < -0.3 is 19.1 Å². The standard InChI is InChI=1S/C13H9IO6/c14-4-3-11(15)19-8-2-1-7-5-9(12(16)17)13(18)20-10(7)6-8/h1-2,5-6H,3-4H2,(H,16,17)/p-1. The molecule has 2 aromatic rings. The largest absolute Gasteiger partial charge is 0.545 e. The van der Waals surface area contributed by atoms with E-state index in [-0.39, 0.29) is 17.8 Å². The third kappa shape index (κ3) is 3.16. The molecule has 0 spiro atoms. The zero-order chi connectivity index (χ0) is 14.7. The summed E-state index contributed by atoms with van der Waals surface area (Å²) >= 11 is 2.05. The van der Waals surface area contributed by atoms with Crippen molar-refractivity contribution in [3.8, 4) is 5.75 Å². The van der Waals surface area contributed by atoms with Crippen LogP contribution in [0.1, 0.15) is 16.8 Å². The van der Waals surface area contributed by atoms with E-state index in [1.165, 1.54) is 18.2 Å². The van der Waals surface area contributed by atoms with Gasteiger partial charge in [-0.25, -0.2) is 4.79 Å². The van der Waals surface area contributed by atoms with Crippen LogP contribution in [0.5, 0.6) is 5.75 Å². The highest BCUT2D eigenvalue weighted by atomic mass is 127. The van der Waals surface area contributed by atoms with Gasteiger partial charge in [-0.05, 0) is 18.2 Å². The van der Waals surface area contributed by atoms with Crippen LogP contribution in [0, 0.1) is 0 Å². The van der Waals surface area contributed by atoms with Crippen molar-refractivity contribution in [2.75, 3.05) is 4.43 Å². The van der Waals surface area contributed by atoms with E-state index in [2.05, 4.69) is 22.6 Å². The predicted molar refractivity (Wildman–Crippen MR) is 76.0 cm³/mol. The van der Waals surface area contributed by atoms with Crippen molar-refractivity contribution in [1.29, 1.82) is 0 Å². The van der Waals surface area contributed by atoms with E-state index < -0.39 is 23.1 Å². The summed E-state index contributed by atoms with van der Waals surface area (Å²) in [6, 6.07) is 5.51. The van der Waals surface area contributed by atoms with Gasteiger partial charge in [-0.3, -0.25) is 4.79 Å². The molecule has 0 atom stereocenters. The maximum Gasteiger partial charge on any atom is 0.345 e. The SMILES string of the molecule is O=C(CCI)Oc1ccc2cc(C(=O)[O-])c(=O)oc2c1. The van der Waals surface area contributed by atoms with Gasteiger partial charge in [0, 0.05) is 15.9 Å². The number of halogens is 1. The number of fused-ring (bicyclic) bond motifs is 1. The van der Waals surface area contributed by atoms with Crippen LogP contribution in [-0.2, 0) is 4.79 Å². The van der Waals surface area contributed by atoms with Gasteiger partial charge in [0.15, 0.2) is 0 Å². The Morgan fingerprint density at radius 2 is 2.05 bits per heavy atom. The summed E-state index contributed by atoms with van der Waals surface area (Å²) in [5, 5.41) is 11.1. The Kier molecular flexibility index (Phi) is 4.38. The van der Waals surface area contributed by atoms with Crippen molar-refractivity contribution in [2.24, 2.45) is 0 Å². The lowest BCUT2D eigenvalue weighted by Crippen LogP contribution is -2.28. The van der Waals surface area contributed by atoms with Gasteiger partial charge >= 0.3 is 11.6 Å². The van der Waals surface area contributed by atoms with Crippen molar-refractivity contribution < 1.29 is 23.8 Å². The molecule has 0 fully saturated rings. The van der Waals surface area contributed by atoms with Gasteiger partial charge in [-0.1, -0.05) is 22.6 Å². The molecule has 0 bridgehead atoms. The third-order valence-electron chi connectivity index (χ3n) is 2.46. The molecule has 7 heteroatoms. The zero-order valence-electron chi connectivity index (χ0n) is 10.1. The molecule has 0 aliphatic carbocycles. The van der Waals surface area contributed by atoms with Crippen molar-refractivity contribution >= 4 is 45.5 Å². The van der Waals surface area contributed by atoms with Gasteiger partial charge in [0.25, 0.3) is 0 Å². The van der Waals surface area contributed by atoms with Crippen molar-refractivity contribution in [3.05, 3.63) is 40.2 Å². The quantitative estimate of drug-likeness (QED) is 0.254. The minimum absolute atomic E-state index is 0.139. The van der Waals surface area contributed by atoms with Crippen molar-refractivity contribution in [3.63, 3.8) is 0 Å². The molecule has 0 aliphatic rings. The fourth-order valence-corrected chi connectivity index (χ4v) is 2.00. The fourth-order valence-electron chi connectivity index (χ4n) is 1.56. The summed E-state index contributed by atoms with van der Waals surface area (Å²) in [4.78, 5) is 33.5. The maximum atomic E-state index is 11.4. The third-order valence-corrected chi connectivity index (χ3v) is 3.00. The second kappa shape index (κ2) is 6.04. The normalized spacial score (nSPS) is 10.4. The van der Waals surface area contributed by atoms with E-state index in [4.69, 9.17) is 9.15 Å². The number of carbonyl (C=O) groups is 2. The topological polar surface area (TPSA) is 96.6 Å². The van der Waals surface area contributed by atoms with Crippen LogP contribution in [0.4, 0.5) is 0 Å². The molecule has 6 nitrogen and oxygen atoms in total. The van der Waals surface area contributed by atoms with Gasteiger partial charge in [0.05, 0.1) is 18.0 Å². The first-order chi connectivity index (χ1) is 9.51. The smallest absolute Gasteiger partial charge is 0.345 e. The molecular weight excluding hydrogens is 379 g/mol. The summed E-state index contributed by atoms with van der Waals surface area (Å²) in [5.41, 5.74) is -1.42. The summed E-state index contributed by atoms with van der Waals surface area (Å²) < 4.78 is 10.5. The number of aromatic carboxylic acids is 1. The Labute approximate surface area is 126 Å². The fraction of sp³-hybridized carbons (Fsp3) is 0.154. The lowest BCUT2D eigenvalue weighted by atomic mass is 10.2. The molecule has 0 aliphatic heterocycles. The highest BCUT2D eigenvalue weighted by Gasteiger charge is 2.09. The molecule has 0 radical (unpaired) electrons. The predicted octanol–water partition coefficient (Wildman–Crippen LogP) is 0.887. The van der Waals surface area contributed by atoms with Crippen molar-refractivity contribution in [1.82, 2.24) is 0 Å². The lowest BCUT2D eigenvalue weighted by molar-refractivity contribution is -0.255. The Morgan fingerprint density at radius 3 is 2.70 bits per heavy atom. The number of rotatable bonds is 4. The molecule has 0 amide bonds. The molecule has 104 valence electrons. The molecule has 1 aromatic heterocycles. The van der Waals surface area contributed by atoms with Crippen LogP contribution in [0.3, 0.4) is 0 Å². The molecule has 0 unspecified atom stereocenters. The van der Waals surface area contributed by atoms with E-state index in [0.29, 0.717) is 9.81 Å². The first-order valence-corrected chi connectivity index (χ1v) is 7.09. The van der Waals surface area contributed by atoms with E-state index in [1.54, 1.807) is 0 Å². The number of carboxylic acid groups (broad SMARTS) is 1. The first-order valence-electron chi connectivity index (χ1n) is 5.57. The van der Waals surface area contributed by atoms with Gasteiger partial charge in [0.2, 0.25) is 0 Å². The molecular formula is C13H8IO6-. The Hall–Kier alpha value is -1.90. The van der Waals surface area contributed by atoms with Crippen LogP contribution in [-0.4, -0.2) is 16.4 Å². The number of hydrogen-bond acceptors (Lipinski definition) is 6. The van der Waals surface area contributed by atoms with Gasteiger partial charge in [0.1, 0.15) is 11.3 Å². The number of carboxylic acids is 1. The monoisotopic (exact) mass is 387 g/mol. The van der Waals surface area contributed by atoms with E-state index in [1.807, 2.05) is 0 Å². The number of alkyl halides is 1. The number of carbonyl (C=O) groups excluding carboxylic acids is 2. The van der Waals surface area contributed by atoms with E-state index in [9.17, 15) is 19.5 Å². The van der Waals surface area contributed by atoms with Gasteiger partial charge in [-0.15, -0.1) is 0 Å². The Bertz CT molecular complexity index is 733. The summed E-state index contributed by atoms with van der Waals surface area (Å²) in [6.07, 6.45) is 0.270. The van der Waals surface area contributed by atoms with E-state index in [0.717, 1.165) is 6.07 Å². The lowest BCUT2D eigenvalue weighted by Gasteiger charge is -2.05. The molecule has 0 N–H and O–H groups in total. The highest BCUT2D eigenvalue weighted by Crippen LogP contribution is 2.20. The maximum absolute atomic E-state index is 11.4. The molecule has 0 saturated heterocycles. The minimum Gasteiger partial charge on any atom is -0.545 e. The molecule has 1 heterocycles. The zero-order valence-corrected chi connectivity index (χ0v) is 12.2. The first kappa shape index (κ1) is 14.5. The van der Waals surface area contributed by atoms with Crippen LogP contribution in [0.25, 0.3) is 11.0 Å². The van der Waals surface area contributed by atoms with Crippen molar-refractivity contribution in [2.45, 2.75) is 6.42 Å². The number of ether oxygens (including phenoxy) is 1. The summed E-state index contributed by atoms with van der Waals surface area (Å²) in [5.74, 6) is -1.76. The van der Waals surface area contributed by atoms with Crippen LogP contribution in [0.2, 0.25) is 0 Å². The average molecular weight is 387 g/mol. The number of benzene rings is 1. The molecule has 0 saturated carbocycles.